The fourth-order valence-electron chi connectivity index (χ4n) is 5.08. The number of hydrogen-bond acceptors (Lipinski definition) is 8. The molecule has 0 spiro atoms. The van der Waals surface area contributed by atoms with Gasteiger partial charge in [0.15, 0.2) is 5.82 Å². The van der Waals surface area contributed by atoms with Crippen molar-refractivity contribution in [2.24, 2.45) is 0 Å². The van der Waals surface area contributed by atoms with E-state index >= 15 is 0 Å². The molecule has 1 aromatic carbocycles. The van der Waals surface area contributed by atoms with Gasteiger partial charge in [0, 0.05) is 31.2 Å². The number of hydrogen-bond donors (Lipinski definition) is 2. The molecule has 2 fully saturated rings. The lowest BCUT2D eigenvalue weighted by atomic mass is 9.91. The first-order valence-electron chi connectivity index (χ1n) is 13.4. The van der Waals surface area contributed by atoms with Crippen molar-refractivity contribution in [2.45, 2.75) is 70.6 Å². The Bertz CT molecular complexity index is 1300. The molecule has 1 aliphatic carbocycles. The number of imidazole rings is 1. The minimum atomic E-state index is -2.78. The second kappa shape index (κ2) is 11.3. The zero-order chi connectivity index (χ0) is 27.6. The number of carbonyl (C=O) groups excluding carboxylic acids is 1. The number of amides is 1. The van der Waals surface area contributed by atoms with E-state index in [1.807, 2.05) is 25.7 Å². The van der Waals surface area contributed by atoms with Crippen molar-refractivity contribution in [3.8, 4) is 5.82 Å². The average Bonchev–Trinajstić information content (AvgIpc) is 3.28. The van der Waals surface area contributed by atoms with Crippen LogP contribution in [0.1, 0.15) is 58.7 Å². The summed E-state index contributed by atoms with van der Waals surface area (Å²) in [5, 5.41) is 6.46. The molecule has 1 saturated carbocycles. The van der Waals surface area contributed by atoms with Crippen molar-refractivity contribution in [1.29, 1.82) is 0 Å². The highest BCUT2D eigenvalue weighted by molar-refractivity contribution is 5.78. The summed E-state index contributed by atoms with van der Waals surface area (Å²) >= 11 is 0. The molecule has 3 aromatic rings. The van der Waals surface area contributed by atoms with Gasteiger partial charge in [-0.3, -0.25) is 4.57 Å². The van der Waals surface area contributed by atoms with E-state index in [9.17, 15) is 13.6 Å². The number of anilines is 2. The molecule has 2 aromatic heterocycles. The molecule has 2 atom stereocenters. The Morgan fingerprint density at radius 3 is 2.59 bits per heavy atom. The predicted molar refractivity (Wildman–Crippen MR) is 144 cm³/mol. The van der Waals surface area contributed by atoms with E-state index in [-0.39, 0.29) is 17.9 Å². The number of benzene rings is 1. The van der Waals surface area contributed by atoms with Crippen LogP contribution >= 0.6 is 0 Å². The third-order valence-corrected chi connectivity index (χ3v) is 6.75. The largest absolute Gasteiger partial charge is 0.444 e. The van der Waals surface area contributed by atoms with E-state index in [1.165, 1.54) is 4.57 Å². The number of para-hydroxylation sites is 2. The fraction of sp³-hybridized carbons (Fsp3) is 0.556. The van der Waals surface area contributed by atoms with Gasteiger partial charge in [-0.2, -0.15) is 9.97 Å². The van der Waals surface area contributed by atoms with Crippen LogP contribution in [0.25, 0.3) is 16.9 Å². The van der Waals surface area contributed by atoms with E-state index in [2.05, 4.69) is 15.6 Å². The molecule has 5 rings (SSSR count). The van der Waals surface area contributed by atoms with E-state index in [4.69, 9.17) is 19.4 Å². The molecule has 2 N–H and O–H groups in total. The number of nitrogens with one attached hydrogen (secondary N) is 2. The van der Waals surface area contributed by atoms with Crippen LogP contribution in [0.4, 0.5) is 25.3 Å². The Morgan fingerprint density at radius 2 is 1.85 bits per heavy atom. The van der Waals surface area contributed by atoms with Gasteiger partial charge in [0.2, 0.25) is 5.95 Å². The number of aromatic nitrogens is 4. The van der Waals surface area contributed by atoms with Crippen LogP contribution in [0.3, 0.4) is 0 Å². The topological polar surface area (TPSA) is 106 Å². The Morgan fingerprint density at radius 1 is 1.10 bits per heavy atom. The molecule has 0 bridgehead atoms. The maximum Gasteiger partial charge on any atom is 0.407 e. The van der Waals surface area contributed by atoms with Crippen LogP contribution in [-0.4, -0.2) is 69.6 Å². The molecule has 210 valence electrons. The highest BCUT2D eigenvalue weighted by Crippen LogP contribution is 2.30. The number of rotatable bonds is 6. The Balaban J connectivity index is 1.44. The smallest absolute Gasteiger partial charge is 0.407 e. The van der Waals surface area contributed by atoms with E-state index in [0.29, 0.717) is 61.3 Å². The van der Waals surface area contributed by atoms with Crippen molar-refractivity contribution in [3.05, 3.63) is 36.2 Å². The third kappa shape index (κ3) is 6.55. The van der Waals surface area contributed by atoms with Crippen molar-refractivity contribution in [3.63, 3.8) is 0 Å². The maximum atomic E-state index is 14.1. The molecule has 0 radical (unpaired) electrons. The van der Waals surface area contributed by atoms with Crippen LogP contribution in [0.5, 0.6) is 0 Å². The Kier molecular flexibility index (Phi) is 7.83. The number of ether oxygens (including phenoxy) is 2. The molecular weight excluding hydrogens is 508 g/mol. The van der Waals surface area contributed by atoms with E-state index in [1.54, 1.807) is 30.3 Å². The number of halogens is 2. The van der Waals surface area contributed by atoms with Crippen LogP contribution in [0, 0.1) is 0 Å². The first kappa shape index (κ1) is 27.0. The van der Waals surface area contributed by atoms with Crippen LogP contribution < -0.4 is 15.5 Å². The predicted octanol–water partition coefficient (Wildman–Crippen LogP) is 4.84. The normalized spacial score (nSPS) is 20.3. The lowest BCUT2D eigenvalue weighted by Gasteiger charge is -2.32. The summed E-state index contributed by atoms with van der Waals surface area (Å²) in [5.74, 6) is 0.920. The molecule has 1 saturated heterocycles. The first-order valence-corrected chi connectivity index (χ1v) is 13.4. The molecule has 0 unspecified atom stereocenters. The van der Waals surface area contributed by atoms with E-state index in [0.717, 1.165) is 19.3 Å². The number of nitrogens with zero attached hydrogens (tertiary/aromatic N) is 5. The highest BCUT2D eigenvalue weighted by Gasteiger charge is 2.27. The number of morpholine rings is 1. The van der Waals surface area contributed by atoms with Crippen molar-refractivity contribution < 1.29 is 23.0 Å². The lowest BCUT2D eigenvalue weighted by molar-refractivity contribution is 0.0492. The summed E-state index contributed by atoms with van der Waals surface area (Å²) in [6.45, 7) is 7.76. The van der Waals surface area contributed by atoms with Gasteiger partial charge in [0.05, 0.1) is 24.2 Å². The average molecular weight is 544 g/mol. The zero-order valence-corrected chi connectivity index (χ0v) is 22.5. The minimum Gasteiger partial charge on any atom is -0.444 e. The summed E-state index contributed by atoms with van der Waals surface area (Å²) in [6, 6.07) is 8.69. The number of alkyl carbamates (subject to hydrolysis) is 1. The molecule has 39 heavy (non-hydrogen) atoms. The lowest BCUT2D eigenvalue weighted by Crippen LogP contribution is -2.44. The molecule has 12 heteroatoms. The second-order valence-electron chi connectivity index (χ2n) is 11.0. The SMILES string of the molecule is CC(C)(C)OC(=O)N[C@H]1CCC[C@H](Nc2cc(-n3c(C(F)F)nc4ccccc43)nc(N3CCOCC3)n2)C1. The number of carbonyl (C=O) groups is 1. The summed E-state index contributed by atoms with van der Waals surface area (Å²) < 4.78 is 40.5. The zero-order valence-electron chi connectivity index (χ0n) is 22.5. The Hall–Kier alpha value is -3.54. The second-order valence-corrected chi connectivity index (χ2v) is 11.0. The van der Waals surface area contributed by atoms with Gasteiger partial charge in [0.1, 0.15) is 17.2 Å². The van der Waals surface area contributed by atoms with Crippen LogP contribution in [-0.2, 0) is 9.47 Å². The first-order chi connectivity index (χ1) is 18.7. The van der Waals surface area contributed by atoms with Gasteiger partial charge < -0.3 is 25.0 Å². The summed E-state index contributed by atoms with van der Waals surface area (Å²) in [6.07, 6.45) is 0.113. The molecule has 1 amide bonds. The Labute approximate surface area is 226 Å². The standard InChI is InChI=1S/C27H35F2N7O3/c1-27(2,3)39-26(37)31-18-8-6-7-17(15-18)30-21-16-22(34-25(33-21)35-11-13-38-14-12-35)36-20-10-5-4-9-19(20)32-24(36)23(28)29/h4-5,9-10,16-18,23H,6-8,11-15H2,1-3H3,(H,31,37)(H,30,33,34)/t17-,18-/m0/s1. The highest BCUT2D eigenvalue weighted by atomic mass is 19.3. The maximum absolute atomic E-state index is 14.1. The molecule has 1 aliphatic heterocycles. The molecule has 3 heterocycles. The monoisotopic (exact) mass is 543 g/mol. The van der Waals surface area contributed by atoms with Gasteiger partial charge in [-0.25, -0.2) is 18.6 Å². The summed E-state index contributed by atoms with van der Waals surface area (Å²) in [7, 11) is 0. The van der Waals surface area contributed by atoms with E-state index < -0.39 is 18.1 Å². The van der Waals surface area contributed by atoms with Gasteiger partial charge in [0.25, 0.3) is 6.43 Å². The quantitative estimate of drug-likeness (QED) is 0.455. The van der Waals surface area contributed by atoms with Crippen molar-refractivity contribution >= 4 is 28.9 Å². The van der Waals surface area contributed by atoms with Crippen LogP contribution in [0.15, 0.2) is 30.3 Å². The van der Waals surface area contributed by atoms with Gasteiger partial charge in [-0.15, -0.1) is 0 Å². The molecule has 2 aliphatic rings. The summed E-state index contributed by atoms with van der Waals surface area (Å²) in [4.78, 5) is 28.0. The van der Waals surface area contributed by atoms with Gasteiger partial charge in [-0.05, 0) is 58.6 Å². The van der Waals surface area contributed by atoms with Gasteiger partial charge >= 0.3 is 6.09 Å². The van der Waals surface area contributed by atoms with Crippen LogP contribution in [0.2, 0.25) is 0 Å². The fourth-order valence-corrected chi connectivity index (χ4v) is 5.08. The van der Waals surface area contributed by atoms with Gasteiger partial charge in [-0.1, -0.05) is 12.1 Å². The minimum absolute atomic E-state index is 0.0214. The number of fused-ring (bicyclic) bond motifs is 1. The summed E-state index contributed by atoms with van der Waals surface area (Å²) in [5.41, 5.74) is 0.444. The third-order valence-electron chi connectivity index (χ3n) is 6.75. The number of alkyl halides is 2. The molecule has 10 nitrogen and oxygen atoms in total. The molecular formula is C27H35F2N7O3. The van der Waals surface area contributed by atoms with Crippen molar-refractivity contribution in [1.82, 2.24) is 24.8 Å². The van der Waals surface area contributed by atoms with Crippen molar-refractivity contribution in [2.75, 3.05) is 36.5 Å².